The van der Waals surface area contributed by atoms with Crippen LogP contribution in [0.15, 0.2) is 53.5 Å². The van der Waals surface area contributed by atoms with Crippen LogP contribution in [-0.4, -0.2) is 45.3 Å². The SMILES string of the molecule is CN=C(NCCNC(=O)c1ccccc1)NCCc1ccc2c(c1)OCO2. The van der Waals surface area contributed by atoms with Crippen molar-refractivity contribution in [1.82, 2.24) is 16.0 Å². The molecule has 1 aliphatic rings. The number of hydrogen-bond acceptors (Lipinski definition) is 4. The van der Waals surface area contributed by atoms with Crippen LogP contribution in [0.4, 0.5) is 0 Å². The van der Waals surface area contributed by atoms with Crippen LogP contribution in [0.3, 0.4) is 0 Å². The van der Waals surface area contributed by atoms with E-state index in [4.69, 9.17) is 9.47 Å². The summed E-state index contributed by atoms with van der Waals surface area (Å²) in [6, 6.07) is 15.1. The first-order valence-corrected chi connectivity index (χ1v) is 8.92. The lowest BCUT2D eigenvalue weighted by atomic mass is 10.1. The normalized spacial score (nSPS) is 12.6. The summed E-state index contributed by atoms with van der Waals surface area (Å²) in [5.41, 5.74) is 1.82. The van der Waals surface area contributed by atoms with Crippen LogP contribution in [0.1, 0.15) is 15.9 Å². The molecule has 0 aliphatic carbocycles. The standard InChI is InChI=1S/C20H24N4O3/c1-21-20(24-12-11-22-19(25)16-5-3-2-4-6-16)23-10-9-15-7-8-17-18(13-15)27-14-26-17/h2-8,13H,9-12,14H2,1H3,(H,22,25)(H2,21,23,24). The number of hydrogen-bond donors (Lipinski definition) is 3. The number of nitrogens with zero attached hydrogens (tertiary/aromatic N) is 1. The molecule has 2 aromatic carbocycles. The van der Waals surface area contributed by atoms with Gasteiger partial charge >= 0.3 is 0 Å². The summed E-state index contributed by atoms with van der Waals surface area (Å²) in [7, 11) is 1.72. The first kappa shape index (κ1) is 18.6. The topological polar surface area (TPSA) is 84.0 Å². The Morgan fingerprint density at radius 3 is 2.52 bits per heavy atom. The summed E-state index contributed by atoms with van der Waals surface area (Å²) in [5, 5.41) is 9.32. The molecule has 0 aromatic heterocycles. The fourth-order valence-corrected chi connectivity index (χ4v) is 2.69. The Hall–Kier alpha value is -3.22. The molecule has 27 heavy (non-hydrogen) atoms. The van der Waals surface area contributed by atoms with Crippen molar-refractivity contribution in [2.75, 3.05) is 33.5 Å². The van der Waals surface area contributed by atoms with E-state index in [0.29, 0.717) is 24.6 Å². The Balaban J connectivity index is 1.34. The average molecular weight is 368 g/mol. The molecule has 142 valence electrons. The molecule has 7 nitrogen and oxygen atoms in total. The third-order valence-electron chi connectivity index (χ3n) is 4.11. The van der Waals surface area contributed by atoms with Gasteiger partial charge in [0.25, 0.3) is 5.91 Å². The fraction of sp³-hybridized carbons (Fsp3) is 0.300. The van der Waals surface area contributed by atoms with E-state index in [1.54, 1.807) is 19.2 Å². The highest BCUT2D eigenvalue weighted by Crippen LogP contribution is 2.32. The Labute approximate surface area is 158 Å². The quantitative estimate of drug-likeness (QED) is 0.392. The maximum absolute atomic E-state index is 12.0. The van der Waals surface area contributed by atoms with Crippen molar-refractivity contribution >= 4 is 11.9 Å². The highest BCUT2D eigenvalue weighted by molar-refractivity contribution is 5.94. The van der Waals surface area contributed by atoms with Gasteiger partial charge in [-0.15, -0.1) is 0 Å². The second-order valence-electron chi connectivity index (χ2n) is 5.99. The number of carbonyl (C=O) groups is 1. The molecular formula is C20H24N4O3. The van der Waals surface area contributed by atoms with Gasteiger partial charge in [0.05, 0.1) is 0 Å². The van der Waals surface area contributed by atoms with Crippen LogP contribution < -0.4 is 25.4 Å². The van der Waals surface area contributed by atoms with Gasteiger partial charge in [0.2, 0.25) is 6.79 Å². The monoisotopic (exact) mass is 368 g/mol. The van der Waals surface area contributed by atoms with E-state index < -0.39 is 0 Å². The molecule has 1 aliphatic heterocycles. The molecule has 0 unspecified atom stereocenters. The summed E-state index contributed by atoms with van der Waals surface area (Å²) in [4.78, 5) is 16.2. The van der Waals surface area contributed by atoms with Crippen LogP contribution in [-0.2, 0) is 6.42 Å². The van der Waals surface area contributed by atoms with E-state index in [-0.39, 0.29) is 12.7 Å². The second-order valence-corrected chi connectivity index (χ2v) is 5.99. The second kappa shape index (κ2) is 9.47. The van der Waals surface area contributed by atoms with E-state index >= 15 is 0 Å². The number of aliphatic imine (C=N–C) groups is 1. The van der Waals surface area contributed by atoms with Crippen molar-refractivity contribution in [1.29, 1.82) is 0 Å². The predicted octanol–water partition coefficient (Wildman–Crippen LogP) is 1.55. The Kier molecular flexibility index (Phi) is 6.51. The van der Waals surface area contributed by atoms with Crippen molar-refractivity contribution in [3.63, 3.8) is 0 Å². The summed E-state index contributed by atoms with van der Waals surface area (Å²) in [5.74, 6) is 2.21. The molecule has 3 rings (SSSR count). The summed E-state index contributed by atoms with van der Waals surface area (Å²) in [6.07, 6.45) is 0.835. The molecule has 2 aromatic rings. The number of nitrogens with one attached hydrogen (secondary N) is 3. The average Bonchev–Trinajstić information content (AvgIpc) is 3.18. The van der Waals surface area contributed by atoms with Crippen LogP contribution >= 0.6 is 0 Å². The minimum Gasteiger partial charge on any atom is -0.454 e. The molecule has 7 heteroatoms. The summed E-state index contributed by atoms with van der Waals surface area (Å²) < 4.78 is 10.7. The maximum Gasteiger partial charge on any atom is 0.251 e. The predicted molar refractivity (Wildman–Crippen MR) is 104 cm³/mol. The minimum atomic E-state index is -0.0804. The van der Waals surface area contributed by atoms with Crippen molar-refractivity contribution in [2.24, 2.45) is 4.99 Å². The van der Waals surface area contributed by atoms with E-state index in [9.17, 15) is 4.79 Å². The zero-order valence-corrected chi connectivity index (χ0v) is 15.3. The van der Waals surface area contributed by atoms with E-state index in [1.807, 2.05) is 36.4 Å². The highest BCUT2D eigenvalue weighted by Gasteiger charge is 2.12. The van der Waals surface area contributed by atoms with E-state index in [1.165, 1.54) is 0 Å². The lowest BCUT2D eigenvalue weighted by Crippen LogP contribution is -2.42. The van der Waals surface area contributed by atoms with Crippen LogP contribution in [0, 0.1) is 0 Å². The number of ether oxygens (including phenoxy) is 2. The van der Waals surface area contributed by atoms with Crippen molar-refractivity contribution in [3.05, 3.63) is 59.7 Å². The molecule has 0 atom stereocenters. The molecule has 0 saturated heterocycles. The van der Waals surface area contributed by atoms with Gasteiger partial charge < -0.3 is 25.4 Å². The molecule has 0 radical (unpaired) electrons. The molecule has 0 saturated carbocycles. The van der Waals surface area contributed by atoms with Crippen LogP contribution in [0.5, 0.6) is 11.5 Å². The molecule has 0 bridgehead atoms. The van der Waals surface area contributed by atoms with Crippen molar-refractivity contribution < 1.29 is 14.3 Å². The molecule has 1 heterocycles. The molecule has 0 fully saturated rings. The third-order valence-corrected chi connectivity index (χ3v) is 4.11. The number of guanidine groups is 1. The molecule has 0 spiro atoms. The van der Waals surface area contributed by atoms with E-state index in [2.05, 4.69) is 20.9 Å². The number of amides is 1. The number of benzene rings is 2. The lowest BCUT2D eigenvalue weighted by molar-refractivity contribution is 0.0954. The first-order valence-electron chi connectivity index (χ1n) is 8.92. The molecular weight excluding hydrogens is 344 g/mol. The minimum absolute atomic E-state index is 0.0804. The zero-order valence-electron chi connectivity index (χ0n) is 15.3. The van der Waals surface area contributed by atoms with Crippen LogP contribution in [0.2, 0.25) is 0 Å². The fourth-order valence-electron chi connectivity index (χ4n) is 2.69. The third kappa shape index (κ3) is 5.37. The number of rotatable bonds is 7. The van der Waals surface area contributed by atoms with Gasteiger partial charge in [-0.05, 0) is 36.2 Å². The number of fused-ring (bicyclic) bond motifs is 1. The lowest BCUT2D eigenvalue weighted by Gasteiger charge is -2.12. The summed E-state index contributed by atoms with van der Waals surface area (Å²) >= 11 is 0. The summed E-state index contributed by atoms with van der Waals surface area (Å²) in [6.45, 7) is 2.11. The van der Waals surface area contributed by atoms with Gasteiger partial charge in [-0.25, -0.2) is 0 Å². The van der Waals surface area contributed by atoms with Gasteiger partial charge in [0.15, 0.2) is 17.5 Å². The Bertz CT molecular complexity index is 793. The van der Waals surface area contributed by atoms with Gasteiger partial charge in [0.1, 0.15) is 0 Å². The van der Waals surface area contributed by atoms with E-state index in [0.717, 1.165) is 30.0 Å². The van der Waals surface area contributed by atoms with Gasteiger partial charge in [-0.3, -0.25) is 9.79 Å². The van der Waals surface area contributed by atoms with Crippen molar-refractivity contribution in [3.8, 4) is 11.5 Å². The zero-order chi connectivity index (χ0) is 18.9. The Morgan fingerprint density at radius 2 is 1.70 bits per heavy atom. The maximum atomic E-state index is 12.0. The van der Waals surface area contributed by atoms with Gasteiger partial charge in [0, 0.05) is 32.2 Å². The highest BCUT2D eigenvalue weighted by atomic mass is 16.7. The Morgan fingerprint density at radius 1 is 0.963 bits per heavy atom. The van der Waals surface area contributed by atoms with Crippen molar-refractivity contribution in [2.45, 2.75) is 6.42 Å². The first-order chi connectivity index (χ1) is 13.3. The molecule has 3 N–H and O–H groups in total. The van der Waals surface area contributed by atoms with Crippen LogP contribution in [0.25, 0.3) is 0 Å². The number of carbonyl (C=O) groups excluding carboxylic acids is 1. The smallest absolute Gasteiger partial charge is 0.251 e. The van der Waals surface area contributed by atoms with Gasteiger partial charge in [-0.2, -0.15) is 0 Å². The molecule has 1 amide bonds. The van der Waals surface area contributed by atoms with Gasteiger partial charge in [-0.1, -0.05) is 24.3 Å². The largest absolute Gasteiger partial charge is 0.454 e.